The average Bonchev–Trinajstić information content (AvgIpc) is 2.75. The van der Waals surface area contributed by atoms with E-state index in [2.05, 4.69) is 10.3 Å². The van der Waals surface area contributed by atoms with Gasteiger partial charge in [-0.3, -0.25) is 14.9 Å². The van der Waals surface area contributed by atoms with Crippen LogP contribution in [0.5, 0.6) is 0 Å². The first-order valence-corrected chi connectivity index (χ1v) is 6.62. The van der Waals surface area contributed by atoms with E-state index in [9.17, 15) is 14.9 Å². The molecule has 1 heterocycles. The smallest absolute Gasteiger partial charge is 0.304 e. The number of nitro groups is 1. The second-order valence-electron chi connectivity index (χ2n) is 3.81. The van der Waals surface area contributed by atoms with Crippen LogP contribution in [0.15, 0.2) is 28.4 Å². The highest BCUT2D eigenvalue weighted by Gasteiger charge is 2.13. The highest BCUT2D eigenvalue weighted by molar-refractivity contribution is 7.07. The van der Waals surface area contributed by atoms with E-state index in [0.29, 0.717) is 23.7 Å². The quantitative estimate of drug-likeness (QED) is 0.655. The molecule has 2 rings (SSSR count). The van der Waals surface area contributed by atoms with Crippen LogP contribution in [0, 0.1) is 10.1 Å². The van der Waals surface area contributed by atoms with Gasteiger partial charge in [0, 0.05) is 40.8 Å². The number of nitrogens with one attached hydrogen (secondary N) is 2. The lowest BCUT2D eigenvalue weighted by Crippen LogP contribution is -2.14. The highest BCUT2D eigenvalue weighted by Crippen LogP contribution is 2.22. The molecule has 0 saturated carbocycles. The number of aromatic nitrogens is 1. The molecule has 0 atom stereocenters. The summed E-state index contributed by atoms with van der Waals surface area (Å²) >= 11 is 6.91. The minimum Gasteiger partial charge on any atom is -0.315 e. The molecule has 1 aromatic heterocycles. The second-order valence-corrected chi connectivity index (χ2v) is 5.09. The van der Waals surface area contributed by atoms with Gasteiger partial charge in [0.15, 0.2) is 0 Å². The molecule has 8 heteroatoms. The first-order valence-electron chi connectivity index (χ1n) is 5.36. The van der Waals surface area contributed by atoms with Crippen molar-refractivity contribution in [3.8, 4) is 0 Å². The van der Waals surface area contributed by atoms with Crippen LogP contribution in [0.3, 0.4) is 0 Å². The third-order valence-electron chi connectivity index (χ3n) is 2.44. The molecule has 0 amide bonds. The molecule has 6 nitrogen and oxygen atoms in total. The van der Waals surface area contributed by atoms with Crippen LogP contribution in [0.25, 0.3) is 0 Å². The number of hydrogen-bond acceptors (Lipinski definition) is 5. The molecule has 0 unspecified atom stereocenters. The van der Waals surface area contributed by atoms with Gasteiger partial charge in [0.1, 0.15) is 0 Å². The standard InChI is InChI=1S/C11H10ClN3O3S/c12-8-1-2-10(15(17)18)7(3-8)4-13-5-9-6-19-11(16)14-9/h1-3,6,13H,4-5H2,(H,14,16). The fourth-order valence-electron chi connectivity index (χ4n) is 1.61. The third kappa shape index (κ3) is 3.63. The zero-order valence-corrected chi connectivity index (χ0v) is 11.3. The van der Waals surface area contributed by atoms with E-state index in [1.54, 1.807) is 11.4 Å². The Morgan fingerprint density at radius 3 is 2.84 bits per heavy atom. The molecule has 0 saturated heterocycles. The minimum atomic E-state index is -0.445. The number of thiazole rings is 1. The Hall–Kier alpha value is -1.70. The van der Waals surface area contributed by atoms with Gasteiger partial charge in [-0.2, -0.15) is 0 Å². The maximum Gasteiger partial charge on any atom is 0.304 e. The summed E-state index contributed by atoms with van der Waals surface area (Å²) in [5, 5.41) is 16.0. The summed E-state index contributed by atoms with van der Waals surface area (Å²) in [7, 11) is 0. The summed E-state index contributed by atoms with van der Waals surface area (Å²) in [4.78, 5) is 23.9. The van der Waals surface area contributed by atoms with Gasteiger partial charge in [0.25, 0.3) is 5.69 Å². The van der Waals surface area contributed by atoms with Crippen molar-refractivity contribution in [1.82, 2.24) is 10.3 Å². The van der Waals surface area contributed by atoms with Crippen molar-refractivity contribution in [3.05, 3.63) is 59.6 Å². The van der Waals surface area contributed by atoms with Gasteiger partial charge in [0.2, 0.25) is 0 Å². The summed E-state index contributed by atoms with van der Waals surface area (Å²) in [5.74, 6) is 0. The Kier molecular flexibility index (Phi) is 4.31. The monoisotopic (exact) mass is 299 g/mol. The molecular formula is C11H10ClN3O3S. The van der Waals surface area contributed by atoms with E-state index in [-0.39, 0.29) is 10.6 Å². The lowest BCUT2D eigenvalue weighted by atomic mass is 10.2. The Morgan fingerprint density at radius 2 is 2.21 bits per heavy atom. The van der Waals surface area contributed by atoms with Gasteiger partial charge in [0.05, 0.1) is 4.92 Å². The third-order valence-corrected chi connectivity index (χ3v) is 3.39. The molecule has 2 aromatic rings. The van der Waals surface area contributed by atoms with E-state index in [1.807, 2.05) is 0 Å². The Bertz CT molecular complexity index is 653. The molecule has 0 aliphatic rings. The number of benzene rings is 1. The molecule has 0 fully saturated rings. The molecule has 0 radical (unpaired) electrons. The van der Waals surface area contributed by atoms with Gasteiger partial charge in [-0.15, -0.1) is 0 Å². The van der Waals surface area contributed by atoms with Crippen molar-refractivity contribution in [2.24, 2.45) is 0 Å². The maximum atomic E-state index is 10.9. The largest absolute Gasteiger partial charge is 0.315 e. The van der Waals surface area contributed by atoms with E-state index in [4.69, 9.17) is 11.6 Å². The predicted molar refractivity (Wildman–Crippen MR) is 73.6 cm³/mol. The summed E-state index contributed by atoms with van der Waals surface area (Å²) in [6.07, 6.45) is 0. The Labute approximate surface area is 117 Å². The van der Waals surface area contributed by atoms with E-state index in [1.165, 1.54) is 12.1 Å². The SMILES string of the molecule is O=c1[nH]c(CNCc2cc(Cl)ccc2[N+](=O)[O-])cs1. The normalized spacial score (nSPS) is 10.6. The summed E-state index contributed by atoms with van der Waals surface area (Å²) < 4.78 is 0. The minimum absolute atomic E-state index is 0.0238. The van der Waals surface area contributed by atoms with Gasteiger partial charge in [-0.05, 0) is 12.1 Å². The molecule has 2 N–H and O–H groups in total. The highest BCUT2D eigenvalue weighted by atomic mass is 35.5. The fourth-order valence-corrected chi connectivity index (χ4v) is 2.38. The van der Waals surface area contributed by atoms with Crippen LogP contribution in [-0.2, 0) is 13.1 Å². The lowest BCUT2D eigenvalue weighted by Gasteiger charge is -2.05. The summed E-state index contributed by atoms with van der Waals surface area (Å²) in [5.41, 5.74) is 1.28. The van der Waals surface area contributed by atoms with Crippen LogP contribution < -0.4 is 10.2 Å². The van der Waals surface area contributed by atoms with Crippen LogP contribution in [0.2, 0.25) is 5.02 Å². The van der Waals surface area contributed by atoms with Crippen molar-refractivity contribution < 1.29 is 4.92 Å². The van der Waals surface area contributed by atoms with Crippen molar-refractivity contribution in [3.63, 3.8) is 0 Å². The van der Waals surface area contributed by atoms with Crippen LogP contribution in [0.1, 0.15) is 11.3 Å². The summed E-state index contributed by atoms with van der Waals surface area (Å²) in [6.45, 7) is 0.733. The zero-order chi connectivity index (χ0) is 13.8. The Balaban J connectivity index is 2.04. The number of nitrogens with zero attached hydrogens (tertiary/aromatic N) is 1. The molecule has 0 aliphatic carbocycles. The molecule has 19 heavy (non-hydrogen) atoms. The lowest BCUT2D eigenvalue weighted by molar-refractivity contribution is -0.385. The first kappa shape index (κ1) is 13.7. The molecule has 1 aromatic carbocycles. The van der Waals surface area contributed by atoms with Crippen LogP contribution in [0.4, 0.5) is 5.69 Å². The molecular weight excluding hydrogens is 290 g/mol. The van der Waals surface area contributed by atoms with Crippen molar-refractivity contribution in [1.29, 1.82) is 0 Å². The maximum absolute atomic E-state index is 10.9. The number of rotatable bonds is 5. The number of aromatic amines is 1. The average molecular weight is 300 g/mol. The van der Waals surface area contributed by atoms with Gasteiger partial charge < -0.3 is 10.3 Å². The topological polar surface area (TPSA) is 88.0 Å². The van der Waals surface area contributed by atoms with Crippen molar-refractivity contribution in [2.75, 3.05) is 0 Å². The summed E-state index contributed by atoms with van der Waals surface area (Å²) in [6, 6.07) is 4.43. The van der Waals surface area contributed by atoms with Crippen LogP contribution >= 0.6 is 22.9 Å². The van der Waals surface area contributed by atoms with Gasteiger partial charge in [-0.25, -0.2) is 0 Å². The molecule has 100 valence electrons. The molecule has 0 spiro atoms. The second kappa shape index (κ2) is 5.96. The first-order chi connectivity index (χ1) is 9.06. The van der Waals surface area contributed by atoms with E-state index >= 15 is 0 Å². The van der Waals surface area contributed by atoms with Crippen molar-refractivity contribution in [2.45, 2.75) is 13.1 Å². The van der Waals surface area contributed by atoms with E-state index in [0.717, 1.165) is 17.0 Å². The fraction of sp³-hybridized carbons (Fsp3) is 0.182. The Morgan fingerprint density at radius 1 is 1.42 bits per heavy atom. The number of hydrogen-bond donors (Lipinski definition) is 2. The van der Waals surface area contributed by atoms with Crippen molar-refractivity contribution >= 4 is 28.6 Å². The number of halogens is 1. The molecule has 0 aliphatic heterocycles. The van der Waals surface area contributed by atoms with E-state index < -0.39 is 4.92 Å². The predicted octanol–water partition coefficient (Wildman–Crippen LogP) is 2.29. The zero-order valence-electron chi connectivity index (χ0n) is 9.68. The number of nitro benzene ring substituents is 1. The van der Waals surface area contributed by atoms with Gasteiger partial charge >= 0.3 is 4.87 Å². The van der Waals surface area contributed by atoms with Crippen LogP contribution in [-0.4, -0.2) is 9.91 Å². The van der Waals surface area contributed by atoms with Gasteiger partial charge in [-0.1, -0.05) is 22.9 Å². The number of H-pyrrole nitrogens is 1. The molecule has 0 bridgehead atoms.